The number of carbonyl (C=O) groups is 1. The molecule has 1 aliphatic rings. The molecule has 2 aromatic heterocycles. The zero-order chi connectivity index (χ0) is 22.4. The van der Waals surface area contributed by atoms with Crippen LogP contribution in [0.15, 0.2) is 45.7 Å². The van der Waals surface area contributed by atoms with E-state index in [2.05, 4.69) is 20.8 Å². The molecule has 3 aromatic rings. The van der Waals surface area contributed by atoms with Crippen LogP contribution >= 0.6 is 0 Å². The highest BCUT2D eigenvalue weighted by molar-refractivity contribution is 5.88. The molecular weight excluding hydrogens is 415 g/mol. The SMILES string of the molecule is Cn1ccc(Nc2ccc(C(F)(F)F)cc2)c(-c2nnc([C@@]3(C)CCNC3=O)o2)c1=O. The number of aryl methyl sites for hydroxylation is 1. The van der Waals surface area contributed by atoms with Gasteiger partial charge in [0.1, 0.15) is 11.0 Å². The van der Waals surface area contributed by atoms with E-state index in [1.54, 1.807) is 13.0 Å². The maximum atomic E-state index is 12.8. The van der Waals surface area contributed by atoms with Gasteiger partial charge in [-0.2, -0.15) is 13.2 Å². The summed E-state index contributed by atoms with van der Waals surface area (Å²) in [4.78, 5) is 25.0. The van der Waals surface area contributed by atoms with Crippen molar-refractivity contribution in [2.24, 2.45) is 7.05 Å². The molecule has 8 nitrogen and oxygen atoms in total. The van der Waals surface area contributed by atoms with Crippen LogP contribution in [0.1, 0.15) is 24.8 Å². The van der Waals surface area contributed by atoms with Crippen molar-refractivity contribution in [3.63, 3.8) is 0 Å². The Morgan fingerprint density at radius 2 is 1.87 bits per heavy atom. The molecule has 11 heteroatoms. The Labute approximate surface area is 174 Å². The predicted molar refractivity (Wildman–Crippen MR) is 105 cm³/mol. The van der Waals surface area contributed by atoms with Gasteiger partial charge in [-0.15, -0.1) is 10.2 Å². The largest absolute Gasteiger partial charge is 0.419 e. The smallest absolute Gasteiger partial charge is 0.416 e. The van der Waals surface area contributed by atoms with Gasteiger partial charge in [-0.25, -0.2) is 0 Å². The van der Waals surface area contributed by atoms with E-state index in [4.69, 9.17) is 4.42 Å². The minimum absolute atomic E-state index is 0.0469. The van der Waals surface area contributed by atoms with Crippen LogP contribution in [0.25, 0.3) is 11.5 Å². The maximum Gasteiger partial charge on any atom is 0.416 e. The summed E-state index contributed by atoms with van der Waals surface area (Å²) in [6.07, 6.45) is -2.48. The van der Waals surface area contributed by atoms with Crippen LogP contribution in [0, 0.1) is 0 Å². The lowest BCUT2D eigenvalue weighted by Gasteiger charge is -2.14. The van der Waals surface area contributed by atoms with E-state index in [0.29, 0.717) is 18.7 Å². The van der Waals surface area contributed by atoms with Gasteiger partial charge in [0.15, 0.2) is 0 Å². The maximum absolute atomic E-state index is 12.8. The summed E-state index contributed by atoms with van der Waals surface area (Å²) >= 11 is 0. The van der Waals surface area contributed by atoms with Crippen molar-refractivity contribution in [1.29, 1.82) is 0 Å². The molecule has 1 atom stereocenters. The van der Waals surface area contributed by atoms with Crippen LogP contribution in [-0.4, -0.2) is 27.2 Å². The minimum atomic E-state index is -4.45. The number of nitrogens with one attached hydrogen (secondary N) is 2. The number of alkyl halides is 3. The Bertz CT molecular complexity index is 1200. The fourth-order valence-electron chi connectivity index (χ4n) is 3.32. The molecule has 2 N–H and O–H groups in total. The standard InChI is InChI=1S/C20H18F3N5O3/c1-19(8-9-24-17(19)30)18-27-26-15(31-18)14-13(7-10-28(2)16(14)29)25-12-5-3-11(4-6-12)20(21,22)23/h3-7,10,25H,8-9H2,1-2H3,(H,24,30)/t19-/m0/s1. The van der Waals surface area contributed by atoms with E-state index in [-0.39, 0.29) is 28.9 Å². The first kappa shape index (κ1) is 20.6. The highest BCUT2D eigenvalue weighted by Gasteiger charge is 2.44. The minimum Gasteiger partial charge on any atom is -0.419 e. The summed E-state index contributed by atoms with van der Waals surface area (Å²) in [7, 11) is 1.54. The van der Waals surface area contributed by atoms with Gasteiger partial charge < -0.3 is 19.6 Å². The summed E-state index contributed by atoms with van der Waals surface area (Å²) in [6, 6.07) is 5.96. The van der Waals surface area contributed by atoms with Crippen molar-refractivity contribution in [3.05, 3.63) is 58.3 Å². The molecule has 0 unspecified atom stereocenters. The van der Waals surface area contributed by atoms with Gasteiger partial charge in [-0.05, 0) is 43.7 Å². The number of halogens is 3. The Morgan fingerprint density at radius 1 is 1.16 bits per heavy atom. The average Bonchev–Trinajstić information content (AvgIpc) is 3.33. The van der Waals surface area contributed by atoms with E-state index in [9.17, 15) is 22.8 Å². The number of anilines is 2. The molecule has 1 aliphatic heterocycles. The number of aromatic nitrogens is 3. The van der Waals surface area contributed by atoms with Crippen molar-refractivity contribution < 1.29 is 22.4 Å². The third-order valence-electron chi connectivity index (χ3n) is 5.28. The topological polar surface area (TPSA) is 102 Å². The fourth-order valence-corrected chi connectivity index (χ4v) is 3.32. The zero-order valence-electron chi connectivity index (χ0n) is 16.6. The molecule has 1 amide bonds. The number of hydrogen-bond acceptors (Lipinski definition) is 6. The molecule has 0 aliphatic carbocycles. The molecular formula is C20H18F3N5O3. The first-order valence-electron chi connectivity index (χ1n) is 9.36. The summed E-state index contributed by atoms with van der Waals surface area (Å²) in [5, 5.41) is 13.6. The van der Waals surface area contributed by atoms with Crippen LogP contribution in [0.5, 0.6) is 0 Å². The molecule has 4 rings (SSSR count). The van der Waals surface area contributed by atoms with Gasteiger partial charge in [0.2, 0.25) is 11.8 Å². The first-order chi connectivity index (χ1) is 14.6. The number of pyridine rings is 1. The van der Waals surface area contributed by atoms with Crippen LogP contribution in [0.3, 0.4) is 0 Å². The molecule has 162 valence electrons. The second-order valence-electron chi connectivity index (χ2n) is 7.47. The van der Waals surface area contributed by atoms with E-state index in [1.165, 1.54) is 29.9 Å². The number of benzene rings is 1. The Kier molecular flexibility index (Phi) is 4.83. The van der Waals surface area contributed by atoms with E-state index >= 15 is 0 Å². The van der Waals surface area contributed by atoms with Gasteiger partial charge in [0.25, 0.3) is 11.4 Å². The zero-order valence-corrected chi connectivity index (χ0v) is 16.6. The van der Waals surface area contributed by atoms with Crippen molar-refractivity contribution in [1.82, 2.24) is 20.1 Å². The third-order valence-corrected chi connectivity index (χ3v) is 5.28. The van der Waals surface area contributed by atoms with Gasteiger partial charge in [-0.3, -0.25) is 9.59 Å². The lowest BCUT2D eigenvalue weighted by Crippen LogP contribution is -2.32. The average molecular weight is 433 g/mol. The van der Waals surface area contributed by atoms with Crippen molar-refractivity contribution in [2.45, 2.75) is 24.9 Å². The number of hydrogen-bond donors (Lipinski definition) is 2. The van der Waals surface area contributed by atoms with Gasteiger partial charge in [0.05, 0.1) is 11.3 Å². The normalized spacial score (nSPS) is 18.8. The third kappa shape index (κ3) is 3.66. The molecule has 0 radical (unpaired) electrons. The monoisotopic (exact) mass is 433 g/mol. The van der Waals surface area contributed by atoms with Crippen LogP contribution in [0.2, 0.25) is 0 Å². The number of carbonyl (C=O) groups excluding carboxylic acids is 1. The molecule has 31 heavy (non-hydrogen) atoms. The summed E-state index contributed by atoms with van der Waals surface area (Å²) in [5.41, 5.74) is -1.57. The van der Waals surface area contributed by atoms with E-state index in [0.717, 1.165) is 12.1 Å². The second-order valence-corrected chi connectivity index (χ2v) is 7.47. The molecule has 0 spiro atoms. The molecule has 1 aromatic carbocycles. The molecule has 1 saturated heterocycles. The van der Waals surface area contributed by atoms with Crippen LogP contribution in [-0.2, 0) is 23.4 Å². The van der Waals surface area contributed by atoms with Gasteiger partial charge in [-0.1, -0.05) is 0 Å². The number of rotatable bonds is 4. The lowest BCUT2D eigenvalue weighted by molar-refractivity contribution is -0.137. The molecule has 0 saturated carbocycles. The van der Waals surface area contributed by atoms with Crippen LogP contribution < -0.4 is 16.2 Å². The summed E-state index contributed by atoms with van der Waals surface area (Å²) in [6.45, 7) is 2.15. The fraction of sp³-hybridized carbons (Fsp3) is 0.300. The first-order valence-corrected chi connectivity index (χ1v) is 9.36. The lowest BCUT2D eigenvalue weighted by atomic mass is 9.89. The van der Waals surface area contributed by atoms with Gasteiger partial charge in [0, 0.05) is 25.5 Å². The molecule has 3 heterocycles. The summed E-state index contributed by atoms with van der Waals surface area (Å²) in [5.74, 6) is -0.248. The Hall–Kier alpha value is -3.63. The summed E-state index contributed by atoms with van der Waals surface area (Å²) < 4.78 is 45.4. The number of nitrogens with zero attached hydrogens (tertiary/aromatic N) is 3. The van der Waals surface area contributed by atoms with Gasteiger partial charge >= 0.3 is 6.18 Å². The Balaban J connectivity index is 1.72. The van der Waals surface area contributed by atoms with E-state index in [1.807, 2.05) is 0 Å². The molecule has 1 fully saturated rings. The van der Waals surface area contributed by atoms with Crippen molar-refractivity contribution in [2.75, 3.05) is 11.9 Å². The quantitative estimate of drug-likeness (QED) is 0.656. The second kappa shape index (κ2) is 7.25. The number of amides is 1. The highest BCUT2D eigenvalue weighted by atomic mass is 19.4. The molecule has 0 bridgehead atoms. The van der Waals surface area contributed by atoms with E-state index < -0.39 is 22.7 Å². The Morgan fingerprint density at radius 3 is 2.48 bits per heavy atom. The van der Waals surface area contributed by atoms with Crippen molar-refractivity contribution in [3.8, 4) is 11.5 Å². The predicted octanol–water partition coefficient (Wildman–Crippen LogP) is 2.98. The van der Waals surface area contributed by atoms with Crippen molar-refractivity contribution >= 4 is 17.3 Å². The van der Waals surface area contributed by atoms with Crippen LogP contribution in [0.4, 0.5) is 24.5 Å². The highest BCUT2D eigenvalue weighted by Crippen LogP contribution is 2.34.